The lowest BCUT2D eigenvalue weighted by molar-refractivity contribution is 0.0594. The van der Waals surface area contributed by atoms with Gasteiger partial charge < -0.3 is 4.74 Å². The van der Waals surface area contributed by atoms with Crippen molar-refractivity contribution in [2.75, 3.05) is 7.11 Å². The molecule has 0 spiro atoms. The second-order valence-corrected chi connectivity index (χ2v) is 3.30. The summed E-state index contributed by atoms with van der Waals surface area (Å²) in [6.07, 6.45) is 2.88. The first-order valence-electron chi connectivity index (χ1n) is 4.82. The zero-order valence-corrected chi connectivity index (χ0v) is 9.30. The van der Waals surface area contributed by atoms with Crippen molar-refractivity contribution < 1.29 is 9.53 Å². The number of hydrogen-bond donors (Lipinski definition) is 1. The average molecular weight is 234 g/mol. The second-order valence-electron chi connectivity index (χ2n) is 3.30. The van der Waals surface area contributed by atoms with Crippen LogP contribution in [-0.4, -0.2) is 32.6 Å². The lowest BCUT2D eigenvalue weighted by Gasteiger charge is -1.99. The van der Waals surface area contributed by atoms with Crippen LogP contribution < -0.4 is 5.69 Å². The highest BCUT2D eigenvalue weighted by molar-refractivity contribution is 5.86. The van der Waals surface area contributed by atoms with Crippen molar-refractivity contribution in [1.29, 1.82) is 0 Å². The smallest absolute Gasteiger partial charge is 0.356 e. The van der Waals surface area contributed by atoms with Crippen LogP contribution in [0, 0.1) is 6.92 Å². The van der Waals surface area contributed by atoms with E-state index in [-0.39, 0.29) is 5.69 Å². The number of aryl methyl sites for hydroxylation is 1. The number of nitrogens with zero attached hydrogens (tertiary/aromatic N) is 3. The maximum absolute atomic E-state index is 11.6. The Balaban J connectivity index is 2.50. The lowest BCUT2D eigenvalue weighted by atomic mass is 10.5. The third kappa shape index (κ3) is 2.07. The van der Waals surface area contributed by atoms with Gasteiger partial charge in [-0.05, 0) is 13.0 Å². The van der Waals surface area contributed by atoms with Crippen LogP contribution in [-0.2, 0) is 4.74 Å². The highest BCUT2D eigenvalue weighted by atomic mass is 16.5. The molecule has 2 rings (SSSR count). The Bertz CT molecular complexity index is 614. The lowest BCUT2D eigenvalue weighted by Crippen LogP contribution is -2.16. The van der Waals surface area contributed by atoms with Gasteiger partial charge in [-0.2, -0.15) is 0 Å². The van der Waals surface area contributed by atoms with Gasteiger partial charge in [0, 0.05) is 12.4 Å². The predicted molar refractivity (Wildman–Crippen MR) is 58.1 cm³/mol. The van der Waals surface area contributed by atoms with Crippen LogP contribution in [0.3, 0.4) is 0 Å². The van der Waals surface area contributed by atoms with Gasteiger partial charge in [0.15, 0.2) is 0 Å². The molecule has 2 aromatic heterocycles. The third-order valence-corrected chi connectivity index (χ3v) is 2.13. The van der Waals surface area contributed by atoms with E-state index in [1.807, 2.05) is 0 Å². The highest BCUT2D eigenvalue weighted by Gasteiger charge is 2.12. The molecule has 7 heteroatoms. The number of rotatable bonds is 2. The minimum absolute atomic E-state index is 0.0776. The summed E-state index contributed by atoms with van der Waals surface area (Å²) in [5.41, 5.74) is -0.378. The molecule has 0 saturated heterocycles. The van der Waals surface area contributed by atoms with Gasteiger partial charge in [0.05, 0.1) is 7.11 Å². The molecule has 0 bridgehead atoms. The van der Waals surface area contributed by atoms with E-state index in [1.165, 1.54) is 24.1 Å². The predicted octanol–water partition coefficient (Wildman–Crippen LogP) is 0.0506. The van der Waals surface area contributed by atoms with E-state index in [4.69, 9.17) is 0 Å². The summed E-state index contributed by atoms with van der Waals surface area (Å²) in [7, 11) is 1.24. The molecule has 0 radical (unpaired) electrons. The minimum Gasteiger partial charge on any atom is -0.464 e. The molecule has 7 nitrogen and oxygen atoms in total. The van der Waals surface area contributed by atoms with Gasteiger partial charge >= 0.3 is 11.7 Å². The molecule has 0 saturated carbocycles. The zero-order chi connectivity index (χ0) is 12.4. The molecule has 0 amide bonds. The summed E-state index contributed by atoms with van der Waals surface area (Å²) >= 11 is 0. The Morgan fingerprint density at radius 2 is 2.29 bits per heavy atom. The van der Waals surface area contributed by atoms with Crippen LogP contribution in [0.2, 0.25) is 0 Å². The summed E-state index contributed by atoms with van der Waals surface area (Å²) in [5.74, 6) is 0.329. The number of hydrogen-bond acceptors (Lipinski definition) is 5. The van der Waals surface area contributed by atoms with E-state index >= 15 is 0 Å². The monoisotopic (exact) mass is 234 g/mol. The van der Waals surface area contributed by atoms with Crippen molar-refractivity contribution in [3.63, 3.8) is 0 Å². The molecule has 17 heavy (non-hydrogen) atoms. The second kappa shape index (κ2) is 4.20. The number of methoxy groups -OCH3 is 1. The molecule has 0 aliphatic rings. The number of carbonyl (C=O) groups is 1. The molecule has 0 aromatic carbocycles. The quantitative estimate of drug-likeness (QED) is 0.741. The fourth-order valence-corrected chi connectivity index (χ4v) is 1.36. The minimum atomic E-state index is -0.605. The largest absolute Gasteiger partial charge is 0.464 e. The van der Waals surface area contributed by atoms with Gasteiger partial charge in [-0.1, -0.05) is 0 Å². The number of esters is 1. The van der Waals surface area contributed by atoms with E-state index in [0.717, 1.165) is 0 Å². The molecule has 1 N–H and O–H groups in total. The molecule has 0 aliphatic carbocycles. The topological polar surface area (TPSA) is 89.9 Å². The van der Waals surface area contributed by atoms with Crippen molar-refractivity contribution in [3.05, 3.63) is 40.5 Å². The number of imidazole rings is 1. The van der Waals surface area contributed by atoms with Crippen LogP contribution in [0.1, 0.15) is 16.3 Å². The summed E-state index contributed by atoms with van der Waals surface area (Å²) in [6, 6.07) is 1.57. The molecular weight excluding hydrogens is 224 g/mol. The van der Waals surface area contributed by atoms with Crippen LogP contribution in [0.25, 0.3) is 5.82 Å². The van der Waals surface area contributed by atoms with Crippen LogP contribution in [0.15, 0.2) is 23.3 Å². The number of aromatic amines is 1. The normalized spacial score (nSPS) is 10.2. The van der Waals surface area contributed by atoms with Gasteiger partial charge in [-0.25, -0.2) is 19.6 Å². The molecule has 0 aliphatic heterocycles. The Labute approximate surface area is 96.1 Å². The number of carbonyl (C=O) groups excluding carboxylic acids is 1. The van der Waals surface area contributed by atoms with E-state index in [9.17, 15) is 9.59 Å². The summed E-state index contributed by atoms with van der Waals surface area (Å²) in [6.45, 7) is 1.71. The van der Waals surface area contributed by atoms with Gasteiger partial charge in [0.25, 0.3) is 0 Å². The first-order valence-corrected chi connectivity index (χ1v) is 4.82. The Morgan fingerprint density at radius 3 is 2.94 bits per heavy atom. The highest BCUT2D eigenvalue weighted by Crippen LogP contribution is 2.02. The first kappa shape index (κ1) is 11.1. The molecule has 0 fully saturated rings. The average Bonchev–Trinajstić information content (AvgIpc) is 2.70. The van der Waals surface area contributed by atoms with Crippen LogP contribution in [0.4, 0.5) is 0 Å². The number of ether oxygens (including phenoxy) is 1. The fourth-order valence-electron chi connectivity index (χ4n) is 1.36. The van der Waals surface area contributed by atoms with Crippen LogP contribution >= 0.6 is 0 Å². The van der Waals surface area contributed by atoms with Crippen molar-refractivity contribution in [2.24, 2.45) is 0 Å². The SMILES string of the molecule is COC(=O)c1cn(-c2ccnc(C)n2)c(=O)[nH]1. The number of H-pyrrole nitrogens is 1. The fraction of sp³-hybridized carbons (Fsp3) is 0.200. The summed E-state index contributed by atoms with van der Waals surface area (Å²) in [5, 5.41) is 0. The van der Waals surface area contributed by atoms with Crippen molar-refractivity contribution in [2.45, 2.75) is 6.92 Å². The van der Waals surface area contributed by atoms with Gasteiger partial charge in [0.1, 0.15) is 17.3 Å². The Morgan fingerprint density at radius 1 is 1.53 bits per heavy atom. The standard InChI is InChI=1S/C10H10N4O3/c1-6-11-4-3-8(12-6)14-5-7(9(15)17-2)13-10(14)16/h3-5H,1-2H3,(H,13,16). The zero-order valence-electron chi connectivity index (χ0n) is 9.30. The number of nitrogens with one attached hydrogen (secondary N) is 1. The summed E-state index contributed by atoms with van der Waals surface area (Å²) in [4.78, 5) is 33.2. The Kier molecular flexibility index (Phi) is 2.73. The maximum Gasteiger partial charge on any atom is 0.356 e. The van der Waals surface area contributed by atoms with Gasteiger partial charge in [-0.15, -0.1) is 0 Å². The molecule has 2 aromatic rings. The first-order chi connectivity index (χ1) is 8.11. The maximum atomic E-state index is 11.6. The van der Waals surface area contributed by atoms with Crippen molar-refractivity contribution >= 4 is 5.97 Å². The molecule has 88 valence electrons. The van der Waals surface area contributed by atoms with E-state index in [2.05, 4.69) is 19.7 Å². The number of aromatic nitrogens is 4. The molecule has 0 atom stereocenters. The van der Waals surface area contributed by atoms with E-state index in [0.29, 0.717) is 11.6 Å². The van der Waals surface area contributed by atoms with Gasteiger partial charge in [-0.3, -0.25) is 9.55 Å². The van der Waals surface area contributed by atoms with Crippen molar-refractivity contribution in [1.82, 2.24) is 19.5 Å². The third-order valence-electron chi connectivity index (χ3n) is 2.13. The van der Waals surface area contributed by atoms with Gasteiger partial charge in [0.2, 0.25) is 0 Å². The van der Waals surface area contributed by atoms with E-state index < -0.39 is 11.7 Å². The molecule has 2 heterocycles. The molecular formula is C10H10N4O3. The van der Waals surface area contributed by atoms with Crippen LogP contribution in [0.5, 0.6) is 0 Å². The Hall–Kier alpha value is -2.44. The van der Waals surface area contributed by atoms with Crippen molar-refractivity contribution in [3.8, 4) is 5.82 Å². The summed E-state index contributed by atoms with van der Waals surface area (Å²) < 4.78 is 5.73. The molecule has 0 unspecified atom stereocenters. The van der Waals surface area contributed by atoms with E-state index in [1.54, 1.807) is 13.0 Å².